The van der Waals surface area contributed by atoms with Crippen LogP contribution in [0.15, 0.2) is 30.3 Å². The minimum absolute atomic E-state index is 0.0314. The second kappa shape index (κ2) is 11.1. The molecule has 27 heavy (non-hydrogen) atoms. The van der Waals surface area contributed by atoms with Crippen LogP contribution in [0.5, 0.6) is 0 Å². The van der Waals surface area contributed by atoms with Crippen LogP contribution in [0.2, 0.25) is 0 Å². The summed E-state index contributed by atoms with van der Waals surface area (Å²) in [6.07, 6.45) is -1.53. The molecule has 0 bridgehead atoms. The summed E-state index contributed by atoms with van der Waals surface area (Å²) in [6, 6.07) is 7.49. The van der Waals surface area contributed by atoms with Gasteiger partial charge >= 0.3 is 18.0 Å². The molecular formula is C16H21NO9S. The van der Waals surface area contributed by atoms with Crippen LogP contribution in [0, 0.1) is 0 Å². The van der Waals surface area contributed by atoms with E-state index in [1.54, 1.807) is 37.3 Å². The zero-order chi connectivity index (χ0) is 20.3. The zero-order valence-corrected chi connectivity index (χ0v) is 15.4. The molecule has 0 saturated carbocycles. The molecule has 10 nitrogen and oxygen atoms in total. The van der Waals surface area contributed by atoms with Gasteiger partial charge in [0.05, 0.1) is 18.8 Å². The number of nitrogens with one attached hydrogen (secondary N) is 1. The van der Waals surface area contributed by atoms with E-state index < -0.39 is 53.0 Å². The van der Waals surface area contributed by atoms with Gasteiger partial charge in [0.1, 0.15) is 13.2 Å². The van der Waals surface area contributed by atoms with Crippen molar-refractivity contribution in [1.29, 1.82) is 0 Å². The minimum Gasteiger partial charge on any atom is -0.464 e. The molecule has 0 aliphatic heterocycles. The normalized spacial score (nSPS) is 11.9. The van der Waals surface area contributed by atoms with Crippen LogP contribution in [-0.4, -0.2) is 56.0 Å². The van der Waals surface area contributed by atoms with Crippen LogP contribution in [0.25, 0.3) is 0 Å². The van der Waals surface area contributed by atoms with Gasteiger partial charge in [-0.05, 0) is 12.5 Å². The van der Waals surface area contributed by atoms with Crippen molar-refractivity contribution >= 4 is 28.1 Å². The van der Waals surface area contributed by atoms with Crippen LogP contribution < -0.4 is 5.32 Å². The third-order valence-electron chi connectivity index (χ3n) is 3.05. The van der Waals surface area contributed by atoms with Gasteiger partial charge in [-0.3, -0.25) is 9.35 Å². The lowest BCUT2D eigenvalue weighted by Crippen LogP contribution is -2.45. The Morgan fingerprint density at radius 2 is 1.78 bits per heavy atom. The molecule has 0 saturated heterocycles. The van der Waals surface area contributed by atoms with Gasteiger partial charge in [0, 0.05) is 0 Å². The van der Waals surface area contributed by atoms with E-state index in [1.807, 2.05) is 0 Å². The van der Waals surface area contributed by atoms with Gasteiger partial charge in [-0.2, -0.15) is 8.42 Å². The molecule has 1 aromatic rings. The van der Waals surface area contributed by atoms with Crippen LogP contribution in [0.1, 0.15) is 18.9 Å². The Balaban J connectivity index is 2.53. The quantitative estimate of drug-likeness (QED) is 0.327. The highest BCUT2D eigenvalue weighted by atomic mass is 32.2. The summed E-state index contributed by atoms with van der Waals surface area (Å²) in [5, 5.41) is 2.22. The SMILES string of the molecule is CCOC(=O)C(COC(=O)CCS(=O)(=O)O)NC(=O)OCc1ccccc1. The second-order valence-electron chi connectivity index (χ2n) is 5.23. The van der Waals surface area contributed by atoms with Crippen LogP contribution in [-0.2, 0) is 40.5 Å². The predicted octanol–water partition coefficient (Wildman–Crippen LogP) is 0.666. The third kappa shape index (κ3) is 10.2. The molecule has 0 aromatic heterocycles. The van der Waals surface area contributed by atoms with Gasteiger partial charge in [0.2, 0.25) is 0 Å². The van der Waals surface area contributed by atoms with E-state index in [2.05, 4.69) is 5.32 Å². The Morgan fingerprint density at radius 1 is 1.11 bits per heavy atom. The molecule has 0 aliphatic carbocycles. The maximum Gasteiger partial charge on any atom is 0.408 e. The highest BCUT2D eigenvalue weighted by molar-refractivity contribution is 7.85. The number of hydrogen-bond donors (Lipinski definition) is 2. The Labute approximate surface area is 156 Å². The number of carbonyl (C=O) groups excluding carboxylic acids is 3. The molecule has 0 radical (unpaired) electrons. The van der Waals surface area contributed by atoms with E-state index in [9.17, 15) is 22.8 Å². The average molecular weight is 403 g/mol. The summed E-state index contributed by atoms with van der Waals surface area (Å²) in [5.74, 6) is -2.64. The molecule has 1 aromatic carbocycles. The third-order valence-corrected chi connectivity index (χ3v) is 3.77. The molecule has 150 valence electrons. The van der Waals surface area contributed by atoms with Crippen molar-refractivity contribution in [3.05, 3.63) is 35.9 Å². The summed E-state index contributed by atoms with van der Waals surface area (Å²) < 4.78 is 44.3. The lowest BCUT2D eigenvalue weighted by atomic mass is 10.2. The molecular weight excluding hydrogens is 382 g/mol. The fraction of sp³-hybridized carbons (Fsp3) is 0.438. The van der Waals surface area contributed by atoms with Crippen molar-refractivity contribution in [2.75, 3.05) is 19.0 Å². The van der Waals surface area contributed by atoms with E-state index >= 15 is 0 Å². The number of esters is 2. The van der Waals surface area contributed by atoms with E-state index in [0.29, 0.717) is 0 Å². The van der Waals surface area contributed by atoms with Gasteiger partial charge in [-0.25, -0.2) is 9.59 Å². The number of ether oxygens (including phenoxy) is 3. The lowest BCUT2D eigenvalue weighted by Gasteiger charge is -2.17. The van der Waals surface area contributed by atoms with Crippen molar-refractivity contribution < 1.29 is 41.6 Å². The fourth-order valence-electron chi connectivity index (χ4n) is 1.78. The highest BCUT2D eigenvalue weighted by Gasteiger charge is 2.25. The van der Waals surface area contributed by atoms with Crippen molar-refractivity contribution in [3.8, 4) is 0 Å². The molecule has 0 spiro atoms. The molecule has 1 atom stereocenters. The lowest BCUT2D eigenvalue weighted by molar-refractivity contribution is -0.151. The van der Waals surface area contributed by atoms with E-state index in [1.165, 1.54) is 0 Å². The molecule has 0 aliphatic rings. The minimum atomic E-state index is -4.32. The summed E-state index contributed by atoms with van der Waals surface area (Å²) in [4.78, 5) is 35.2. The number of rotatable bonds is 10. The first-order valence-electron chi connectivity index (χ1n) is 7.96. The van der Waals surface area contributed by atoms with Gasteiger partial charge in [-0.15, -0.1) is 0 Å². The molecule has 11 heteroatoms. The van der Waals surface area contributed by atoms with Crippen LogP contribution in [0.3, 0.4) is 0 Å². The van der Waals surface area contributed by atoms with E-state index in [0.717, 1.165) is 5.56 Å². The van der Waals surface area contributed by atoms with Crippen molar-refractivity contribution in [3.63, 3.8) is 0 Å². The Kier molecular flexibility index (Phi) is 9.23. The molecule has 0 fully saturated rings. The predicted molar refractivity (Wildman–Crippen MR) is 92.2 cm³/mol. The van der Waals surface area contributed by atoms with Crippen LogP contribution in [0.4, 0.5) is 4.79 Å². The largest absolute Gasteiger partial charge is 0.464 e. The maximum absolute atomic E-state index is 11.9. The number of amides is 1. The second-order valence-corrected chi connectivity index (χ2v) is 6.80. The summed E-state index contributed by atoms with van der Waals surface area (Å²) in [7, 11) is -4.32. The smallest absolute Gasteiger partial charge is 0.408 e. The molecule has 2 N–H and O–H groups in total. The van der Waals surface area contributed by atoms with Crippen molar-refractivity contribution in [1.82, 2.24) is 5.32 Å². The Hall–Kier alpha value is -2.66. The monoisotopic (exact) mass is 403 g/mol. The van der Waals surface area contributed by atoms with Gasteiger partial charge in [0.25, 0.3) is 10.1 Å². The summed E-state index contributed by atoms with van der Waals surface area (Å²) in [6.45, 7) is 0.980. The van der Waals surface area contributed by atoms with Gasteiger partial charge in [0.15, 0.2) is 6.04 Å². The molecule has 1 rings (SSSR count). The Morgan fingerprint density at radius 3 is 2.37 bits per heavy atom. The Bertz CT molecular complexity index is 734. The zero-order valence-electron chi connectivity index (χ0n) is 14.6. The van der Waals surface area contributed by atoms with E-state index in [-0.39, 0.29) is 13.2 Å². The van der Waals surface area contributed by atoms with Gasteiger partial charge < -0.3 is 19.5 Å². The first-order chi connectivity index (χ1) is 12.7. The first kappa shape index (κ1) is 22.4. The first-order valence-corrected chi connectivity index (χ1v) is 9.57. The van der Waals surface area contributed by atoms with E-state index in [4.69, 9.17) is 18.8 Å². The maximum atomic E-state index is 11.9. The molecule has 1 amide bonds. The number of hydrogen-bond acceptors (Lipinski definition) is 8. The average Bonchev–Trinajstić information content (AvgIpc) is 2.62. The highest BCUT2D eigenvalue weighted by Crippen LogP contribution is 2.02. The number of alkyl carbamates (subject to hydrolysis) is 1. The summed E-state index contributed by atoms with van der Waals surface area (Å²) >= 11 is 0. The van der Waals surface area contributed by atoms with Crippen LogP contribution >= 0.6 is 0 Å². The van der Waals surface area contributed by atoms with Gasteiger partial charge in [-0.1, -0.05) is 30.3 Å². The van der Waals surface area contributed by atoms with Crippen molar-refractivity contribution in [2.45, 2.75) is 26.0 Å². The fourth-order valence-corrected chi connectivity index (χ4v) is 2.20. The topological polar surface area (TPSA) is 145 Å². The molecule has 1 unspecified atom stereocenters. The van der Waals surface area contributed by atoms with Crippen molar-refractivity contribution in [2.24, 2.45) is 0 Å². The standard InChI is InChI=1S/C16H21NO9S/c1-2-24-15(19)13(11-25-14(18)8-9-27(21,22)23)17-16(20)26-10-12-6-4-3-5-7-12/h3-7,13H,2,8-11H2,1H3,(H,17,20)(H,21,22,23). The molecule has 0 heterocycles. The number of carbonyl (C=O) groups is 3. The summed E-state index contributed by atoms with van der Waals surface area (Å²) in [5.41, 5.74) is 0.733. The number of benzene rings is 1.